The normalized spacial score (nSPS) is 10.1. The van der Waals surface area contributed by atoms with Crippen LogP contribution in [0.2, 0.25) is 0 Å². The molecule has 0 atom stereocenters. The summed E-state index contributed by atoms with van der Waals surface area (Å²) in [5, 5.41) is 28.2. The van der Waals surface area contributed by atoms with E-state index in [9.17, 15) is 19.8 Å². The molecule has 0 radical (unpaired) electrons. The number of hydrogen-bond acceptors (Lipinski definition) is 4. The minimum absolute atomic E-state index is 0.246. The number of aromatic hydroxyl groups is 2. The topological polar surface area (TPSA) is 94.8 Å². The van der Waals surface area contributed by atoms with Crippen molar-refractivity contribution < 1.29 is 24.9 Å². The van der Waals surface area contributed by atoms with Crippen LogP contribution in [0.4, 0.5) is 0 Å². The number of rotatable bonds is 3. The zero-order valence-electron chi connectivity index (χ0n) is 8.94. The third-order valence-corrected chi connectivity index (χ3v) is 2.55. The van der Waals surface area contributed by atoms with Crippen LogP contribution in [0.25, 0.3) is 0 Å². The second kappa shape index (κ2) is 4.22. The molecule has 16 heavy (non-hydrogen) atoms. The average Bonchev–Trinajstić information content (AvgIpc) is 2.18. The minimum atomic E-state index is -1.33. The molecule has 5 nitrogen and oxygen atoms in total. The lowest BCUT2D eigenvalue weighted by Gasteiger charge is -2.13. The summed E-state index contributed by atoms with van der Waals surface area (Å²) < 4.78 is 0. The predicted octanol–water partition coefficient (Wildman–Crippen LogP) is 1.48. The Bertz CT molecular complexity index is 462. The molecule has 0 bridgehead atoms. The number of aromatic carboxylic acids is 1. The van der Waals surface area contributed by atoms with Crippen LogP contribution >= 0.6 is 0 Å². The lowest BCUT2D eigenvalue weighted by atomic mass is 9.94. The van der Waals surface area contributed by atoms with E-state index in [1.54, 1.807) is 6.92 Å². The summed E-state index contributed by atoms with van der Waals surface area (Å²) in [6, 6.07) is 0. The van der Waals surface area contributed by atoms with E-state index >= 15 is 0 Å². The first-order chi connectivity index (χ1) is 7.45. The van der Waals surface area contributed by atoms with Crippen molar-refractivity contribution in [2.45, 2.75) is 20.3 Å². The molecule has 1 aromatic carbocycles. The maximum Gasteiger partial charge on any atom is 0.339 e. The minimum Gasteiger partial charge on any atom is -0.507 e. The van der Waals surface area contributed by atoms with Gasteiger partial charge in [-0.3, -0.25) is 4.79 Å². The van der Waals surface area contributed by atoms with Crippen molar-refractivity contribution in [3.63, 3.8) is 0 Å². The SMILES string of the molecule is CCc1c(C)c(C(=O)O)c(O)c(C=O)c1O. The number of phenols is 2. The molecule has 0 aliphatic heterocycles. The maximum atomic E-state index is 10.9. The molecule has 0 saturated carbocycles. The van der Waals surface area contributed by atoms with Gasteiger partial charge in [0.2, 0.25) is 0 Å². The van der Waals surface area contributed by atoms with Gasteiger partial charge in [0.1, 0.15) is 17.1 Å². The van der Waals surface area contributed by atoms with Gasteiger partial charge in [-0.25, -0.2) is 4.79 Å². The number of benzene rings is 1. The first kappa shape index (κ1) is 12.0. The van der Waals surface area contributed by atoms with Gasteiger partial charge >= 0.3 is 5.97 Å². The van der Waals surface area contributed by atoms with Gasteiger partial charge in [0, 0.05) is 0 Å². The molecule has 0 aliphatic carbocycles. The number of carboxylic acid groups (broad SMARTS) is 1. The second-order valence-electron chi connectivity index (χ2n) is 3.37. The summed E-state index contributed by atoms with van der Waals surface area (Å²) in [5.74, 6) is -2.36. The van der Waals surface area contributed by atoms with Crippen LogP contribution in [0, 0.1) is 6.92 Å². The molecule has 1 rings (SSSR count). The first-order valence-electron chi connectivity index (χ1n) is 4.71. The molecule has 0 aliphatic rings. The maximum absolute atomic E-state index is 10.9. The van der Waals surface area contributed by atoms with Gasteiger partial charge in [-0.05, 0) is 24.5 Å². The molecule has 3 N–H and O–H groups in total. The number of hydrogen-bond donors (Lipinski definition) is 3. The quantitative estimate of drug-likeness (QED) is 0.676. The molecule has 0 saturated heterocycles. The highest BCUT2D eigenvalue weighted by Gasteiger charge is 2.23. The molecular formula is C11H12O5. The third kappa shape index (κ3) is 1.60. The number of carbonyl (C=O) groups excluding carboxylic acids is 1. The van der Waals surface area contributed by atoms with Crippen LogP contribution in [0.15, 0.2) is 0 Å². The van der Waals surface area contributed by atoms with Gasteiger partial charge in [-0.1, -0.05) is 6.92 Å². The van der Waals surface area contributed by atoms with E-state index < -0.39 is 11.7 Å². The Hall–Kier alpha value is -2.04. The van der Waals surface area contributed by atoms with E-state index in [2.05, 4.69) is 0 Å². The van der Waals surface area contributed by atoms with Gasteiger partial charge in [0.25, 0.3) is 0 Å². The molecule has 0 heterocycles. The number of aldehydes is 1. The molecule has 0 amide bonds. The summed E-state index contributed by atoms with van der Waals surface area (Å²) in [6.07, 6.45) is 0.620. The summed E-state index contributed by atoms with van der Waals surface area (Å²) in [4.78, 5) is 21.6. The van der Waals surface area contributed by atoms with E-state index in [4.69, 9.17) is 5.11 Å². The number of carbonyl (C=O) groups is 2. The van der Waals surface area contributed by atoms with Crippen molar-refractivity contribution in [1.29, 1.82) is 0 Å². The van der Waals surface area contributed by atoms with Crippen LogP contribution in [-0.2, 0) is 6.42 Å². The molecule has 0 fully saturated rings. The molecular weight excluding hydrogens is 212 g/mol. The lowest BCUT2D eigenvalue weighted by molar-refractivity contribution is 0.0692. The molecule has 86 valence electrons. The standard InChI is InChI=1S/C11H12O5/c1-3-6-5(2)8(11(15)16)10(14)7(4-12)9(6)13/h4,13-14H,3H2,1-2H3,(H,15,16). The van der Waals surface area contributed by atoms with E-state index in [-0.39, 0.29) is 28.7 Å². The zero-order chi connectivity index (χ0) is 12.5. The Labute approximate surface area is 92.0 Å². The Balaban J connectivity index is 3.76. The van der Waals surface area contributed by atoms with Crippen molar-refractivity contribution in [2.75, 3.05) is 0 Å². The number of carboxylic acids is 1. The van der Waals surface area contributed by atoms with Crippen molar-refractivity contribution in [1.82, 2.24) is 0 Å². The second-order valence-corrected chi connectivity index (χ2v) is 3.37. The van der Waals surface area contributed by atoms with Gasteiger partial charge < -0.3 is 15.3 Å². The van der Waals surface area contributed by atoms with Crippen molar-refractivity contribution >= 4 is 12.3 Å². The van der Waals surface area contributed by atoms with Crippen LogP contribution in [0.5, 0.6) is 11.5 Å². The van der Waals surface area contributed by atoms with Gasteiger partial charge in [0.05, 0.1) is 5.56 Å². The third-order valence-electron chi connectivity index (χ3n) is 2.55. The highest BCUT2D eigenvalue weighted by Crippen LogP contribution is 2.36. The fraction of sp³-hybridized carbons (Fsp3) is 0.273. The summed E-state index contributed by atoms with van der Waals surface area (Å²) in [5.41, 5.74) is -0.0792. The lowest BCUT2D eigenvalue weighted by Crippen LogP contribution is -2.06. The Morgan fingerprint density at radius 3 is 2.25 bits per heavy atom. The Kier molecular flexibility index (Phi) is 3.17. The van der Waals surface area contributed by atoms with Crippen molar-refractivity contribution in [3.05, 3.63) is 22.3 Å². The molecule has 1 aromatic rings. The van der Waals surface area contributed by atoms with Gasteiger partial charge in [-0.15, -0.1) is 0 Å². The van der Waals surface area contributed by atoms with E-state index in [1.165, 1.54) is 6.92 Å². The fourth-order valence-electron chi connectivity index (χ4n) is 1.72. The van der Waals surface area contributed by atoms with E-state index in [1.807, 2.05) is 0 Å². The zero-order valence-corrected chi connectivity index (χ0v) is 8.94. The first-order valence-corrected chi connectivity index (χ1v) is 4.71. The number of phenolic OH excluding ortho intramolecular Hbond substituents is 1. The smallest absolute Gasteiger partial charge is 0.339 e. The average molecular weight is 224 g/mol. The molecule has 0 aromatic heterocycles. The largest absolute Gasteiger partial charge is 0.507 e. The fourth-order valence-corrected chi connectivity index (χ4v) is 1.72. The van der Waals surface area contributed by atoms with Crippen LogP contribution in [-0.4, -0.2) is 27.6 Å². The monoisotopic (exact) mass is 224 g/mol. The van der Waals surface area contributed by atoms with Crippen LogP contribution in [0.3, 0.4) is 0 Å². The van der Waals surface area contributed by atoms with Gasteiger partial charge in [-0.2, -0.15) is 0 Å². The van der Waals surface area contributed by atoms with E-state index in [0.717, 1.165) is 0 Å². The summed E-state index contributed by atoms with van der Waals surface area (Å²) in [7, 11) is 0. The molecule has 0 spiro atoms. The highest BCUT2D eigenvalue weighted by atomic mass is 16.4. The van der Waals surface area contributed by atoms with Crippen LogP contribution in [0.1, 0.15) is 38.8 Å². The van der Waals surface area contributed by atoms with Crippen molar-refractivity contribution in [2.24, 2.45) is 0 Å². The Morgan fingerprint density at radius 2 is 1.88 bits per heavy atom. The predicted molar refractivity (Wildman–Crippen MR) is 56.2 cm³/mol. The highest BCUT2D eigenvalue weighted by molar-refractivity contribution is 5.98. The van der Waals surface area contributed by atoms with Gasteiger partial charge in [0.15, 0.2) is 6.29 Å². The molecule has 5 heteroatoms. The van der Waals surface area contributed by atoms with E-state index in [0.29, 0.717) is 12.0 Å². The van der Waals surface area contributed by atoms with Crippen molar-refractivity contribution in [3.8, 4) is 11.5 Å². The summed E-state index contributed by atoms with van der Waals surface area (Å²) in [6.45, 7) is 3.20. The Morgan fingerprint density at radius 1 is 1.31 bits per heavy atom. The molecule has 0 unspecified atom stereocenters. The van der Waals surface area contributed by atoms with Crippen LogP contribution < -0.4 is 0 Å². The summed E-state index contributed by atoms with van der Waals surface area (Å²) >= 11 is 0.